The summed E-state index contributed by atoms with van der Waals surface area (Å²) in [4.78, 5) is 26.0. The molecule has 1 aliphatic carbocycles. The van der Waals surface area contributed by atoms with E-state index in [1.807, 2.05) is 68.4 Å². The Morgan fingerprint density at radius 1 is 0.914 bits per heavy atom. The fourth-order valence-corrected chi connectivity index (χ4v) is 4.53. The van der Waals surface area contributed by atoms with E-state index >= 15 is 0 Å². The van der Waals surface area contributed by atoms with Crippen molar-refractivity contribution in [1.29, 1.82) is 0 Å². The molecule has 0 aromatic heterocycles. The first-order valence-corrected chi connectivity index (χ1v) is 13.0. The van der Waals surface area contributed by atoms with Crippen LogP contribution in [0.1, 0.15) is 69.9 Å². The van der Waals surface area contributed by atoms with Gasteiger partial charge in [-0.3, -0.25) is 9.59 Å². The number of benzene rings is 2. The van der Waals surface area contributed by atoms with Crippen LogP contribution in [0, 0.1) is 5.92 Å². The minimum atomic E-state index is -0.667. The molecule has 2 atom stereocenters. The van der Waals surface area contributed by atoms with Crippen LogP contribution in [0.25, 0.3) is 0 Å². The Morgan fingerprint density at radius 2 is 1.57 bits per heavy atom. The van der Waals surface area contributed by atoms with Crippen LogP contribution in [-0.4, -0.2) is 29.9 Å². The molecule has 0 bridgehead atoms. The maximum Gasteiger partial charge on any atom is 0.243 e. The highest BCUT2D eigenvalue weighted by atomic mass is 16.5. The highest BCUT2D eigenvalue weighted by molar-refractivity contribution is 5.90. The molecule has 0 saturated heterocycles. The molecule has 35 heavy (non-hydrogen) atoms. The van der Waals surface area contributed by atoms with Gasteiger partial charge in [-0.1, -0.05) is 82.0 Å². The summed E-state index contributed by atoms with van der Waals surface area (Å²) in [5.74, 6) is 0.659. The van der Waals surface area contributed by atoms with Crippen LogP contribution in [0.2, 0.25) is 0 Å². The Hall–Kier alpha value is -2.86. The Bertz CT molecular complexity index is 907. The van der Waals surface area contributed by atoms with E-state index in [0.717, 1.165) is 42.6 Å². The quantitative estimate of drug-likeness (QED) is 0.414. The molecular formula is C29H41N3O3. The van der Waals surface area contributed by atoms with Crippen molar-refractivity contribution in [3.63, 3.8) is 0 Å². The van der Waals surface area contributed by atoms with E-state index in [1.165, 1.54) is 12.8 Å². The Morgan fingerprint density at radius 3 is 2.20 bits per heavy atom. The van der Waals surface area contributed by atoms with Gasteiger partial charge in [-0.25, -0.2) is 0 Å². The van der Waals surface area contributed by atoms with E-state index in [0.29, 0.717) is 25.4 Å². The Balaban J connectivity index is 1.64. The first kappa shape index (κ1) is 26.7. The molecule has 0 heterocycles. The van der Waals surface area contributed by atoms with Crippen molar-refractivity contribution in [2.45, 2.75) is 89.9 Å². The van der Waals surface area contributed by atoms with Crippen LogP contribution >= 0.6 is 0 Å². The van der Waals surface area contributed by atoms with Crippen molar-refractivity contribution >= 4 is 11.8 Å². The molecule has 2 aromatic carbocycles. The third-order valence-corrected chi connectivity index (χ3v) is 6.51. The molecule has 1 saturated carbocycles. The van der Waals surface area contributed by atoms with Crippen LogP contribution in [0.15, 0.2) is 54.6 Å². The van der Waals surface area contributed by atoms with Crippen LogP contribution in [0.3, 0.4) is 0 Å². The van der Waals surface area contributed by atoms with Gasteiger partial charge >= 0.3 is 0 Å². The molecule has 4 N–H and O–H groups in total. The molecule has 3 rings (SSSR count). The number of rotatable bonds is 11. The molecule has 1 aliphatic rings. The zero-order valence-corrected chi connectivity index (χ0v) is 21.2. The van der Waals surface area contributed by atoms with Gasteiger partial charge in [0.25, 0.3) is 0 Å². The van der Waals surface area contributed by atoms with Crippen molar-refractivity contribution in [1.82, 2.24) is 10.6 Å². The lowest BCUT2D eigenvalue weighted by Gasteiger charge is -2.24. The lowest BCUT2D eigenvalue weighted by Crippen LogP contribution is -2.54. The van der Waals surface area contributed by atoms with E-state index in [2.05, 4.69) is 10.6 Å². The summed E-state index contributed by atoms with van der Waals surface area (Å²) in [5, 5.41) is 6.12. The fraction of sp³-hybridized carbons (Fsp3) is 0.517. The van der Waals surface area contributed by atoms with Gasteiger partial charge in [0.15, 0.2) is 0 Å². The van der Waals surface area contributed by atoms with Crippen molar-refractivity contribution in [2.24, 2.45) is 11.7 Å². The summed E-state index contributed by atoms with van der Waals surface area (Å²) < 4.78 is 5.88. The van der Waals surface area contributed by atoms with Crippen molar-refractivity contribution in [3.8, 4) is 5.75 Å². The average Bonchev–Trinajstić information content (AvgIpc) is 3.12. The summed E-state index contributed by atoms with van der Waals surface area (Å²) >= 11 is 0. The minimum absolute atomic E-state index is 0.133. The molecule has 0 aliphatic heterocycles. The third-order valence-electron chi connectivity index (χ3n) is 6.51. The van der Waals surface area contributed by atoms with Gasteiger partial charge in [0.2, 0.25) is 11.8 Å². The Kier molecular flexibility index (Phi) is 10.6. The molecule has 6 nitrogen and oxygen atoms in total. The van der Waals surface area contributed by atoms with Gasteiger partial charge in [-0.2, -0.15) is 0 Å². The maximum atomic E-state index is 13.2. The molecular weight excluding hydrogens is 438 g/mol. The first-order chi connectivity index (χ1) is 16.9. The highest BCUT2D eigenvalue weighted by Gasteiger charge is 2.26. The van der Waals surface area contributed by atoms with Crippen molar-refractivity contribution in [2.75, 3.05) is 0 Å². The number of hydrogen-bond acceptors (Lipinski definition) is 4. The third kappa shape index (κ3) is 9.36. The zero-order valence-electron chi connectivity index (χ0n) is 21.2. The SMILES string of the molecule is CC(C)CC(N)C(=O)NC(Cc1ccc(OCc2ccccc2)cc1)C(=O)NC1CCCCCC1. The zero-order chi connectivity index (χ0) is 25.0. The second kappa shape index (κ2) is 13.9. The van der Waals surface area contributed by atoms with Gasteiger partial charge < -0.3 is 21.1 Å². The highest BCUT2D eigenvalue weighted by Crippen LogP contribution is 2.19. The topological polar surface area (TPSA) is 93.5 Å². The fourth-order valence-electron chi connectivity index (χ4n) is 4.53. The summed E-state index contributed by atoms with van der Waals surface area (Å²) in [6, 6.07) is 16.6. The number of ether oxygens (including phenoxy) is 1. The van der Waals surface area contributed by atoms with Crippen molar-refractivity contribution in [3.05, 3.63) is 65.7 Å². The number of carbonyl (C=O) groups excluding carboxylic acids is 2. The molecule has 2 unspecified atom stereocenters. The molecule has 2 aromatic rings. The van der Waals surface area contributed by atoms with Gasteiger partial charge in [0, 0.05) is 12.5 Å². The number of carbonyl (C=O) groups is 2. The van der Waals surface area contributed by atoms with E-state index in [-0.39, 0.29) is 17.9 Å². The summed E-state index contributed by atoms with van der Waals surface area (Å²) in [6.07, 6.45) is 7.66. The van der Waals surface area contributed by atoms with Gasteiger partial charge in [-0.15, -0.1) is 0 Å². The second-order valence-electron chi connectivity index (χ2n) is 10.1. The second-order valence-corrected chi connectivity index (χ2v) is 10.1. The maximum absolute atomic E-state index is 13.2. The largest absolute Gasteiger partial charge is 0.489 e. The Labute approximate surface area is 210 Å². The standard InChI is InChI=1S/C29H41N3O3/c1-21(2)18-26(30)28(33)32-27(29(34)31-24-12-8-3-4-9-13-24)19-22-14-16-25(17-15-22)35-20-23-10-6-5-7-11-23/h5-7,10-11,14-17,21,24,26-27H,3-4,8-9,12-13,18-20,30H2,1-2H3,(H,31,34)(H,32,33). The van der Waals surface area contributed by atoms with Gasteiger partial charge in [0.1, 0.15) is 18.4 Å². The monoisotopic (exact) mass is 479 g/mol. The summed E-state index contributed by atoms with van der Waals surface area (Å²) in [6.45, 7) is 4.56. The number of amides is 2. The predicted octanol–water partition coefficient (Wildman–Crippen LogP) is 4.51. The smallest absolute Gasteiger partial charge is 0.243 e. The first-order valence-electron chi connectivity index (χ1n) is 13.0. The van der Waals surface area contributed by atoms with E-state index in [9.17, 15) is 9.59 Å². The molecule has 0 radical (unpaired) electrons. The summed E-state index contributed by atoms with van der Waals surface area (Å²) in [5.41, 5.74) is 8.16. The molecule has 0 spiro atoms. The molecule has 1 fully saturated rings. The van der Waals surface area contributed by atoms with Crippen LogP contribution in [0.4, 0.5) is 0 Å². The van der Waals surface area contributed by atoms with Gasteiger partial charge in [0.05, 0.1) is 6.04 Å². The molecule has 6 heteroatoms. The summed E-state index contributed by atoms with van der Waals surface area (Å²) in [7, 11) is 0. The number of hydrogen-bond donors (Lipinski definition) is 3. The van der Waals surface area contributed by atoms with Gasteiger partial charge in [-0.05, 0) is 48.4 Å². The lowest BCUT2D eigenvalue weighted by molar-refractivity contribution is -0.130. The van der Waals surface area contributed by atoms with Crippen molar-refractivity contribution < 1.29 is 14.3 Å². The normalized spacial score (nSPS) is 16.2. The predicted molar refractivity (Wildman–Crippen MR) is 140 cm³/mol. The van der Waals surface area contributed by atoms with Crippen LogP contribution < -0.4 is 21.1 Å². The number of nitrogens with two attached hydrogens (primary N) is 1. The minimum Gasteiger partial charge on any atom is -0.489 e. The molecule has 2 amide bonds. The lowest BCUT2D eigenvalue weighted by atomic mass is 10.0. The van der Waals surface area contributed by atoms with Crippen LogP contribution in [0.5, 0.6) is 5.75 Å². The average molecular weight is 480 g/mol. The van der Waals surface area contributed by atoms with E-state index in [1.54, 1.807) is 0 Å². The van der Waals surface area contributed by atoms with E-state index < -0.39 is 12.1 Å². The number of nitrogens with one attached hydrogen (secondary N) is 2. The van der Waals surface area contributed by atoms with E-state index in [4.69, 9.17) is 10.5 Å². The molecule has 190 valence electrons. The van der Waals surface area contributed by atoms with Crippen LogP contribution in [-0.2, 0) is 22.6 Å².